The third-order valence-electron chi connectivity index (χ3n) is 1.65. The molecule has 1 aliphatic rings. The predicted octanol–water partition coefficient (Wildman–Crippen LogP) is -0.234. The Balaban J connectivity index is 2.44. The van der Waals surface area contributed by atoms with Gasteiger partial charge in [-0.2, -0.15) is 0 Å². The van der Waals surface area contributed by atoms with E-state index in [-0.39, 0.29) is 12.0 Å². The summed E-state index contributed by atoms with van der Waals surface area (Å²) in [7, 11) is 0. The van der Waals surface area contributed by atoms with Gasteiger partial charge in [-0.3, -0.25) is 4.79 Å². The number of nitrogens with zero attached hydrogens (tertiary/aromatic N) is 1. The van der Waals surface area contributed by atoms with Crippen LogP contribution in [0, 0.1) is 0 Å². The van der Waals surface area contributed by atoms with E-state index in [1.165, 1.54) is 6.08 Å². The van der Waals surface area contributed by atoms with Gasteiger partial charge in [0.15, 0.2) is 0 Å². The monoisotopic (exact) mass is 141 g/mol. The number of hydrogen-bond donors (Lipinski definition) is 1. The summed E-state index contributed by atoms with van der Waals surface area (Å²) in [4.78, 5) is 12.5. The number of carbonyl (C=O) groups is 1. The highest BCUT2D eigenvalue weighted by molar-refractivity contribution is 5.87. The Morgan fingerprint density at radius 3 is 2.90 bits per heavy atom. The molecule has 0 bridgehead atoms. The van der Waals surface area contributed by atoms with Gasteiger partial charge in [0.1, 0.15) is 0 Å². The van der Waals surface area contributed by atoms with Crippen molar-refractivity contribution in [3.8, 4) is 0 Å². The first kappa shape index (κ1) is 7.28. The normalized spacial score (nSPS) is 24.9. The highest BCUT2D eigenvalue weighted by atomic mass is 16.3. The number of aliphatic hydroxyl groups is 1. The van der Waals surface area contributed by atoms with Crippen LogP contribution in [0.1, 0.15) is 6.42 Å². The van der Waals surface area contributed by atoms with E-state index in [0.717, 1.165) is 0 Å². The maximum atomic E-state index is 10.9. The first-order valence-electron chi connectivity index (χ1n) is 3.33. The third kappa shape index (κ3) is 1.36. The van der Waals surface area contributed by atoms with Crippen molar-refractivity contribution >= 4 is 5.91 Å². The molecule has 1 amide bonds. The minimum atomic E-state index is -0.330. The van der Waals surface area contributed by atoms with Crippen LogP contribution in [0.4, 0.5) is 0 Å². The fourth-order valence-electron chi connectivity index (χ4n) is 1.07. The minimum Gasteiger partial charge on any atom is -0.391 e. The Bertz CT molecular complexity index is 156. The van der Waals surface area contributed by atoms with Crippen LogP contribution in [0.5, 0.6) is 0 Å². The SMILES string of the molecule is C=CC(=O)N1CC[C@H](O)C1. The summed E-state index contributed by atoms with van der Waals surface area (Å²) >= 11 is 0. The van der Waals surface area contributed by atoms with Crippen LogP contribution < -0.4 is 0 Å². The number of hydrogen-bond acceptors (Lipinski definition) is 2. The van der Waals surface area contributed by atoms with Crippen molar-refractivity contribution in [3.63, 3.8) is 0 Å². The Kier molecular flexibility index (Phi) is 2.06. The first-order valence-corrected chi connectivity index (χ1v) is 3.33. The highest BCUT2D eigenvalue weighted by Crippen LogP contribution is 2.08. The Hall–Kier alpha value is -0.830. The molecule has 1 fully saturated rings. The van der Waals surface area contributed by atoms with Crippen molar-refractivity contribution in [1.82, 2.24) is 4.90 Å². The van der Waals surface area contributed by atoms with E-state index in [1.807, 2.05) is 0 Å². The van der Waals surface area contributed by atoms with Gasteiger partial charge in [0, 0.05) is 13.1 Å². The first-order chi connectivity index (χ1) is 4.74. The van der Waals surface area contributed by atoms with Crippen molar-refractivity contribution in [2.24, 2.45) is 0 Å². The average molecular weight is 141 g/mol. The summed E-state index contributed by atoms with van der Waals surface area (Å²) < 4.78 is 0. The quantitative estimate of drug-likeness (QED) is 0.512. The van der Waals surface area contributed by atoms with E-state index >= 15 is 0 Å². The van der Waals surface area contributed by atoms with Crippen LogP contribution in [0.3, 0.4) is 0 Å². The second-order valence-electron chi connectivity index (χ2n) is 2.43. The third-order valence-corrected chi connectivity index (χ3v) is 1.65. The molecular formula is C7H11NO2. The molecule has 1 atom stereocenters. The number of amides is 1. The van der Waals surface area contributed by atoms with Gasteiger partial charge in [0.2, 0.25) is 5.91 Å². The lowest BCUT2D eigenvalue weighted by Gasteiger charge is -2.11. The van der Waals surface area contributed by atoms with Crippen molar-refractivity contribution in [2.45, 2.75) is 12.5 Å². The fourth-order valence-corrected chi connectivity index (χ4v) is 1.07. The molecule has 10 heavy (non-hydrogen) atoms. The molecule has 0 aliphatic carbocycles. The summed E-state index contributed by atoms with van der Waals surface area (Å²) in [5, 5.41) is 9.02. The van der Waals surface area contributed by atoms with Crippen LogP contribution >= 0.6 is 0 Å². The highest BCUT2D eigenvalue weighted by Gasteiger charge is 2.22. The van der Waals surface area contributed by atoms with Gasteiger partial charge < -0.3 is 10.0 Å². The number of carbonyl (C=O) groups excluding carboxylic acids is 1. The summed E-state index contributed by atoms with van der Waals surface area (Å²) in [5.74, 6) is -0.0865. The maximum Gasteiger partial charge on any atom is 0.246 e. The van der Waals surface area contributed by atoms with Gasteiger partial charge in [-0.1, -0.05) is 6.58 Å². The molecule has 1 heterocycles. The van der Waals surface area contributed by atoms with E-state index in [9.17, 15) is 4.79 Å². The van der Waals surface area contributed by atoms with Crippen molar-refractivity contribution < 1.29 is 9.90 Å². The molecular weight excluding hydrogens is 130 g/mol. The van der Waals surface area contributed by atoms with E-state index in [1.54, 1.807) is 4.90 Å². The van der Waals surface area contributed by atoms with Gasteiger partial charge in [-0.25, -0.2) is 0 Å². The summed E-state index contributed by atoms with van der Waals surface area (Å²) in [6, 6.07) is 0. The topological polar surface area (TPSA) is 40.5 Å². The number of likely N-dealkylation sites (tertiary alicyclic amines) is 1. The van der Waals surface area contributed by atoms with Crippen molar-refractivity contribution in [1.29, 1.82) is 0 Å². The number of β-amino-alcohol motifs (C(OH)–C–C–N with tert-alkyl or cyclic N) is 1. The molecule has 0 aromatic heterocycles. The lowest BCUT2D eigenvalue weighted by molar-refractivity contribution is -0.125. The zero-order valence-electron chi connectivity index (χ0n) is 5.79. The van der Waals surface area contributed by atoms with Gasteiger partial charge in [0.05, 0.1) is 6.10 Å². The van der Waals surface area contributed by atoms with E-state index in [4.69, 9.17) is 5.11 Å². The molecule has 0 saturated carbocycles. The largest absolute Gasteiger partial charge is 0.391 e. The van der Waals surface area contributed by atoms with E-state index < -0.39 is 0 Å². The smallest absolute Gasteiger partial charge is 0.246 e. The second-order valence-corrected chi connectivity index (χ2v) is 2.43. The lowest BCUT2D eigenvalue weighted by atomic mass is 10.3. The fraction of sp³-hybridized carbons (Fsp3) is 0.571. The number of rotatable bonds is 1. The van der Waals surface area contributed by atoms with Crippen molar-refractivity contribution in [3.05, 3.63) is 12.7 Å². The van der Waals surface area contributed by atoms with Gasteiger partial charge >= 0.3 is 0 Å². The molecule has 56 valence electrons. The molecule has 1 rings (SSSR count). The van der Waals surface area contributed by atoms with Crippen LogP contribution in [0.25, 0.3) is 0 Å². The van der Waals surface area contributed by atoms with Crippen LogP contribution in [-0.2, 0) is 4.79 Å². The van der Waals surface area contributed by atoms with Crippen molar-refractivity contribution in [2.75, 3.05) is 13.1 Å². The predicted molar refractivity (Wildman–Crippen MR) is 37.4 cm³/mol. The molecule has 1 saturated heterocycles. The molecule has 0 aromatic rings. The Morgan fingerprint density at radius 2 is 2.50 bits per heavy atom. The van der Waals surface area contributed by atoms with E-state index in [0.29, 0.717) is 19.5 Å². The molecule has 0 radical (unpaired) electrons. The standard InChI is InChI=1S/C7H11NO2/c1-2-7(10)8-4-3-6(9)5-8/h2,6,9H,1,3-5H2/t6-/m0/s1. The second kappa shape index (κ2) is 2.84. The molecule has 1 N–H and O–H groups in total. The number of aliphatic hydroxyl groups excluding tert-OH is 1. The summed E-state index contributed by atoms with van der Waals surface area (Å²) in [5.41, 5.74) is 0. The van der Waals surface area contributed by atoms with Crippen LogP contribution in [0.15, 0.2) is 12.7 Å². The molecule has 0 spiro atoms. The molecule has 0 unspecified atom stereocenters. The zero-order valence-corrected chi connectivity index (χ0v) is 5.79. The molecule has 0 aromatic carbocycles. The Labute approximate surface area is 59.9 Å². The molecule has 3 heteroatoms. The average Bonchev–Trinajstić information content (AvgIpc) is 2.34. The van der Waals surface area contributed by atoms with Gasteiger partial charge in [-0.15, -0.1) is 0 Å². The van der Waals surface area contributed by atoms with Crippen LogP contribution in [-0.4, -0.2) is 35.1 Å². The van der Waals surface area contributed by atoms with Gasteiger partial charge in [0.25, 0.3) is 0 Å². The van der Waals surface area contributed by atoms with Crippen LogP contribution in [0.2, 0.25) is 0 Å². The Morgan fingerprint density at radius 1 is 1.80 bits per heavy atom. The minimum absolute atomic E-state index is 0.0865. The van der Waals surface area contributed by atoms with Gasteiger partial charge in [-0.05, 0) is 12.5 Å². The maximum absolute atomic E-state index is 10.9. The lowest BCUT2D eigenvalue weighted by Crippen LogP contribution is -2.27. The summed E-state index contributed by atoms with van der Waals surface area (Å²) in [6.07, 6.45) is 1.64. The van der Waals surface area contributed by atoms with E-state index in [2.05, 4.69) is 6.58 Å². The summed E-state index contributed by atoms with van der Waals surface area (Å²) in [6.45, 7) is 4.48. The zero-order chi connectivity index (χ0) is 7.56. The molecule has 1 aliphatic heterocycles. The molecule has 3 nitrogen and oxygen atoms in total.